The number of aliphatic hydroxyl groups is 1. The number of anilines is 1. The molecule has 7 nitrogen and oxygen atoms in total. The summed E-state index contributed by atoms with van der Waals surface area (Å²) in [5, 5.41) is 20.5. The maximum Gasteiger partial charge on any atom is 0.298 e. The lowest BCUT2D eigenvalue weighted by atomic mass is 10.00. The number of allylic oxidation sites excluding steroid dienone is 1. The maximum absolute atomic E-state index is 11.1. The number of fused-ring (bicyclic) bond motifs is 2. The van der Waals surface area contributed by atoms with Crippen LogP contribution in [0, 0.1) is 23.2 Å². The predicted octanol–water partition coefficient (Wildman–Crippen LogP) is 6.47. The summed E-state index contributed by atoms with van der Waals surface area (Å²) >= 11 is 12.7. The molecule has 9 heteroatoms. The van der Waals surface area contributed by atoms with Crippen molar-refractivity contribution in [3.63, 3.8) is 0 Å². The number of aldehydes is 1. The van der Waals surface area contributed by atoms with E-state index in [0.717, 1.165) is 50.6 Å². The lowest BCUT2D eigenvalue weighted by molar-refractivity contribution is 0.0700. The van der Waals surface area contributed by atoms with Gasteiger partial charge in [-0.05, 0) is 67.9 Å². The molecule has 2 heterocycles. The van der Waals surface area contributed by atoms with Gasteiger partial charge in [0.25, 0.3) is 6.01 Å². The molecule has 3 atom stereocenters. The topological polar surface area (TPSA) is 99.7 Å². The van der Waals surface area contributed by atoms with Crippen molar-refractivity contribution < 1.29 is 19.1 Å². The van der Waals surface area contributed by atoms with Crippen LogP contribution in [0.15, 0.2) is 52.1 Å². The molecule has 1 saturated heterocycles. The summed E-state index contributed by atoms with van der Waals surface area (Å²) in [6.07, 6.45) is 4.47. The molecular weight excluding hydrogens is 513 g/mol. The van der Waals surface area contributed by atoms with Gasteiger partial charge < -0.3 is 19.2 Å². The van der Waals surface area contributed by atoms with Gasteiger partial charge in [-0.15, -0.1) is 0 Å². The number of carbonyl (C=O) groups is 1. The smallest absolute Gasteiger partial charge is 0.298 e. The van der Waals surface area contributed by atoms with Gasteiger partial charge in [-0.2, -0.15) is 4.98 Å². The second kappa shape index (κ2) is 9.78. The van der Waals surface area contributed by atoms with E-state index in [9.17, 15) is 9.90 Å². The molecule has 0 spiro atoms. The fourth-order valence-corrected chi connectivity index (χ4v) is 6.23. The van der Waals surface area contributed by atoms with Crippen LogP contribution in [0.2, 0.25) is 10.0 Å². The van der Waals surface area contributed by atoms with E-state index in [2.05, 4.69) is 9.88 Å². The molecule has 1 unspecified atom stereocenters. The Morgan fingerprint density at radius 1 is 1.16 bits per heavy atom. The highest BCUT2D eigenvalue weighted by Crippen LogP contribution is 2.42. The Bertz CT molecular complexity index is 1380. The minimum Gasteiger partial charge on any atom is -0.512 e. The summed E-state index contributed by atoms with van der Waals surface area (Å²) in [4.78, 5) is 17.8. The van der Waals surface area contributed by atoms with E-state index >= 15 is 0 Å². The molecule has 3 fully saturated rings. The van der Waals surface area contributed by atoms with Crippen LogP contribution in [0.5, 0.6) is 0 Å². The maximum atomic E-state index is 11.1. The number of nitrogens with zero attached hydrogens (tertiary/aromatic N) is 2. The highest BCUT2D eigenvalue weighted by atomic mass is 35.5. The minimum atomic E-state index is 0.0486. The monoisotopic (exact) mass is 539 g/mol. The molecule has 3 aromatic rings. The van der Waals surface area contributed by atoms with Crippen molar-refractivity contribution in [1.29, 1.82) is 5.41 Å². The van der Waals surface area contributed by atoms with Crippen LogP contribution in [0.1, 0.15) is 41.6 Å². The molecule has 0 amide bonds. The van der Waals surface area contributed by atoms with Crippen molar-refractivity contribution in [3.8, 4) is 0 Å². The van der Waals surface area contributed by atoms with Crippen LogP contribution in [0.4, 0.5) is 6.01 Å². The second-order valence-corrected chi connectivity index (χ2v) is 11.1. The Labute approximate surface area is 224 Å². The van der Waals surface area contributed by atoms with E-state index in [1.165, 1.54) is 0 Å². The SMILES string of the molecule is N=C(/C(CO[C@H]1CC2CN(c3nc4ccc(C=O)cc4o3)C[C@@H]2C1)=C(\O)C1CC1)c1c(Cl)cccc1Cl. The summed E-state index contributed by atoms with van der Waals surface area (Å²) in [6, 6.07) is 11.0. The number of aliphatic hydroxyl groups excluding tert-OH is 1. The van der Waals surface area contributed by atoms with E-state index in [4.69, 9.17) is 37.8 Å². The van der Waals surface area contributed by atoms with Gasteiger partial charge in [-0.3, -0.25) is 10.2 Å². The van der Waals surface area contributed by atoms with E-state index in [1.807, 2.05) is 6.07 Å². The Hall–Kier alpha value is -2.87. The molecule has 1 aliphatic heterocycles. The number of rotatable bonds is 8. The molecule has 1 aromatic heterocycles. The van der Waals surface area contributed by atoms with Crippen molar-refractivity contribution in [2.24, 2.45) is 17.8 Å². The molecule has 37 heavy (non-hydrogen) atoms. The van der Waals surface area contributed by atoms with Crippen LogP contribution in [-0.2, 0) is 4.74 Å². The first-order chi connectivity index (χ1) is 17.9. The van der Waals surface area contributed by atoms with Crippen LogP contribution >= 0.6 is 23.2 Å². The number of oxazole rings is 1. The highest BCUT2D eigenvalue weighted by Gasteiger charge is 2.43. The number of aromatic nitrogens is 1. The zero-order valence-electron chi connectivity index (χ0n) is 20.1. The van der Waals surface area contributed by atoms with Crippen molar-refractivity contribution in [2.45, 2.75) is 31.8 Å². The van der Waals surface area contributed by atoms with Crippen LogP contribution in [-0.4, -0.2) is 47.9 Å². The molecule has 3 aliphatic rings. The Morgan fingerprint density at radius 2 is 1.86 bits per heavy atom. The number of ether oxygens (including phenoxy) is 1. The number of halogens is 2. The first kappa shape index (κ1) is 24.5. The summed E-state index contributed by atoms with van der Waals surface area (Å²) in [7, 11) is 0. The van der Waals surface area contributed by atoms with Crippen molar-refractivity contribution in [2.75, 3.05) is 24.6 Å². The van der Waals surface area contributed by atoms with Gasteiger partial charge >= 0.3 is 0 Å². The number of nitrogens with one attached hydrogen (secondary N) is 1. The Balaban J connectivity index is 1.11. The average molecular weight is 540 g/mol. The third-order valence-corrected chi connectivity index (χ3v) is 8.40. The summed E-state index contributed by atoms with van der Waals surface area (Å²) in [6.45, 7) is 1.82. The molecular formula is C28H27Cl2N3O4. The summed E-state index contributed by atoms with van der Waals surface area (Å²) < 4.78 is 12.3. The summed E-state index contributed by atoms with van der Waals surface area (Å²) in [5.41, 5.74) is 2.95. The number of hydrogen-bond donors (Lipinski definition) is 2. The van der Waals surface area contributed by atoms with Crippen molar-refractivity contribution in [3.05, 3.63) is 68.9 Å². The lowest BCUT2D eigenvalue weighted by Crippen LogP contribution is -2.24. The first-order valence-corrected chi connectivity index (χ1v) is 13.3. The van der Waals surface area contributed by atoms with Gasteiger partial charge in [0.1, 0.15) is 17.6 Å². The second-order valence-electron chi connectivity index (χ2n) is 10.3. The number of benzene rings is 2. The van der Waals surface area contributed by atoms with Crippen LogP contribution in [0.25, 0.3) is 11.1 Å². The fourth-order valence-electron chi connectivity index (χ4n) is 5.64. The normalized spacial score (nSPS) is 23.8. The number of hydrogen-bond acceptors (Lipinski definition) is 7. The van der Waals surface area contributed by atoms with Crippen molar-refractivity contribution >= 4 is 52.3 Å². The van der Waals surface area contributed by atoms with E-state index in [1.54, 1.807) is 30.3 Å². The molecule has 2 aromatic carbocycles. The van der Waals surface area contributed by atoms with Gasteiger partial charge in [0.15, 0.2) is 5.58 Å². The van der Waals surface area contributed by atoms with Gasteiger partial charge in [0.2, 0.25) is 0 Å². The third-order valence-electron chi connectivity index (χ3n) is 7.77. The van der Waals surface area contributed by atoms with E-state index < -0.39 is 0 Å². The Morgan fingerprint density at radius 3 is 2.51 bits per heavy atom. The molecule has 6 rings (SSSR count). The molecule has 0 radical (unpaired) electrons. The first-order valence-electron chi connectivity index (χ1n) is 12.6. The quantitative estimate of drug-likeness (QED) is 0.193. The van der Waals surface area contributed by atoms with Gasteiger partial charge in [-0.1, -0.05) is 29.3 Å². The van der Waals surface area contributed by atoms with Gasteiger partial charge in [0, 0.05) is 35.7 Å². The van der Waals surface area contributed by atoms with E-state index in [0.29, 0.717) is 50.2 Å². The Kier molecular flexibility index (Phi) is 6.47. The fraction of sp³-hybridized carbons (Fsp3) is 0.393. The zero-order chi connectivity index (χ0) is 25.7. The molecule has 2 aliphatic carbocycles. The largest absolute Gasteiger partial charge is 0.512 e. The molecule has 0 bridgehead atoms. The molecule has 192 valence electrons. The van der Waals surface area contributed by atoms with Crippen molar-refractivity contribution in [1.82, 2.24) is 4.98 Å². The number of carbonyl (C=O) groups excluding carboxylic acids is 1. The van der Waals surface area contributed by atoms with Gasteiger partial charge in [0.05, 0.1) is 28.5 Å². The lowest BCUT2D eigenvalue weighted by Gasteiger charge is -2.20. The minimum absolute atomic E-state index is 0.0486. The van der Waals surface area contributed by atoms with Crippen LogP contribution < -0.4 is 4.90 Å². The summed E-state index contributed by atoms with van der Waals surface area (Å²) in [5.74, 6) is 1.20. The van der Waals surface area contributed by atoms with Gasteiger partial charge in [-0.25, -0.2) is 0 Å². The molecule has 2 saturated carbocycles. The molecule has 2 N–H and O–H groups in total. The zero-order valence-corrected chi connectivity index (χ0v) is 21.6. The van der Waals surface area contributed by atoms with Crippen LogP contribution in [0.3, 0.4) is 0 Å². The third kappa shape index (κ3) is 4.76. The highest BCUT2D eigenvalue weighted by molar-refractivity contribution is 6.41. The predicted molar refractivity (Wildman–Crippen MR) is 143 cm³/mol. The average Bonchev–Trinajstić information content (AvgIpc) is 3.36. The standard InChI is InChI=1S/C28H27Cl2N3O4/c29-21-2-1-3-22(30)25(21)26(31)20(27(35)16-5-6-16)14-36-19-9-17-11-33(12-18(17)10-19)28-32-23-7-4-15(13-34)8-24(23)37-28/h1-4,7-8,13,16-19,31,35H,5-6,9-12,14H2/b27-20-,31-26?/t17-,18?,19+/m0/s1. The van der Waals surface area contributed by atoms with E-state index in [-0.39, 0.29) is 30.1 Å².